The fraction of sp³-hybridized carbons (Fsp3) is 0.417. The van der Waals surface area contributed by atoms with Crippen molar-refractivity contribution in [3.8, 4) is 0 Å². The van der Waals surface area contributed by atoms with E-state index in [-0.39, 0.29) is 10.7 Å². The van der Waals surface area contributed by atoms with E-state index in [1.807, 2.05) is 0 Å². The maximum atomic E-state index is 11.6. The third-order valence-corrected chi connectivity index (χ3v) is 2.45. The van der Waals surface area contributed by atoms with Gasteiger partial charge >= 0.3 is 6.09 Å². The lowest BCUT2D eigenvalue weighted by Crippen LogP contribution is -2.36. The van der Waals surface area contributed by atoms with E-state index < -0.39 is 17.7 Å². The number of alkyl carbamates (subject to hydrolysis) is 1. The molecular weight excluding hydrogens is 291 g/mol. The Hall–Kier alpha value is -1.33. The average molecular weight is 305 g/mol. The van der Waals surface area contributed by atoms with E-state index >= 15 is 0 Å². The van der Waals surface area contributed by atoms with Crippen LogP contribution in [0.2, 0.25) is 10.0 Å². The number of carbonyl (C=O) groups is 2. The van der Waals surface area contributed by atoms with Crippen LogP contribution >= 0.6 is 23.2 Å². The second-order valence-electron chi connectivity index (χ2n) is 4.78. The summed E-state index contributed by atoms with van der Waals surface area (Å²) in [6, 6.07) is 0.457. The molecule has 0 saturated carbocycles. The van der Waals surface area contributed by atoms with Crippen molar-refractivity contribution in [2.45, 2.75) is 32.4 Å². The van der Waals surface area contributed by atoms with Gasteiger partial charge < -0.3 is 14.8 Å². The van der Waals surface area contributed by atoms with Crippen LogP contribution in [0.15, 0.2) is 12.3 Å². The molecule has 1 heterocycles. The van der Waals surface area contributed by atoms with Crippen LogP contribution in [-0.2, 0) is 9.53 Å². The molecule has 1 rings (SSSR count). The molecular formula is C12H14Cl2N2O3. The molecule has 0 aliphatic heterocycles. The Morgan fingerprint density at radius 3 is 2.58 bits per heavy atom. The van der Waals surface area contributed by atoms with Crippen molar-refractivity contribution in [2.75, 3.05) is 0 Å². The van der Waals surface area contributed by atoms with E-state index in [0.717, 1.165) is 0 Å². The predicted octanol–water partition coefficient (Wildman–Crippen LogP) is 3.15. The molecule has 0 fully saturated rings. The number of aldehydes is 1. The second-order valence-corrected chi connectivity index (χ2v) is 5.62. The largest absolute Gasteiger partial charge is 0.444 e. The van der Waals surface area contributed by atoms with E-state index in [2.05, 4.69) is 10.3 Å². The number of rotatable bonds is 3. The quantitative estimate of drug-likeness (QED) is 0.871. The summed E-state index contributed by atoms with van der Waals surface area (Å²) in [6.07, 6.45) is 1.14. The standard InChI is InChI=1S/C12H14Cl2N2O3/c1-12(2,3)19-11(18)16-9(6-17)10-8(14)4-7(13)5-15-10/h4-6,9H,1-3H3,(H,16,18). The molecule has 1 atom stereocenters. The summed E-state index contributed by atoms with van der Waals surface area (Å²) in [7, 11) is 0. The van der Waals surface area contributed by atoms with Gasteiger partial charge in [0.25, 0.3) is 0 Å². The van der Waals surface area contributed by atoms with Gasteiger partial charge in [0.1, 0.15) is 17.9 Å². The van der Waals surface area contributed by atoms with E-state index in [1.165, 1.54) is 12.3 Å². The van der Waals surface area contributed by atoms with Gasteiger partial charge in [-0.15, -0.1) is 0 Å². The van der Waals surface area contributed by atoms with Gasteiger partial charge in [0.2, 0.25) is 0 Å². The van der Waals surface area contributed by atoms with Gasteiger partial charge in [-0.05, 0) is 26.8 Å². The van der Waals surface area contributed by atoms with Crippen LogP contribution in [0.3, 0.4) is 0 Å². The van der Waals surface area contributed by atoms with Gasteiger partial charge in [-0.1, -0.05) is 23.2 Å². The zero-order valence-corrected chi connectivity index (χ0v) is 12.2. The first kappa shape index (κ1) is 15.7. The van der Waals surface area contributed by atoms with Gasteiger partial charge in [0.05, 0.1) is 15.7 Å². The van der Waals surface area contributed by atoms with Crippen LogP contribution in [0.4, 0.5) is 4.79 Å². The summed E-state index contributed by atoms with van der Waals surface area (Å²) >= 11 is 11.6. The van der Waals surface area contributed by atoms with Crippen LogP contribution < -0.4 is 5.32 Å². The molecule has 1 N–H and O–H groups in total. The number of aromatic nitrogens is 1. The average Bonchev–Trinajstić information content (AvgIpc) is 2.24. The van der Waals surface area contributed by atoms with Gasteiger partial charge in [-0.3, -0.25) is 4.98 Å². The van der Waals surface area contributed by atoms with E-state index in [0.29, 0.717) is 11.3 Å². The SMILES string of the molecule is CC(C)(C)OC(=O)NC(C=O)c1ncc(Cl)cc1Cl. The summed E-state index contributed by atoms with van der Waals surface area (Å²) in [5.41, 5.74) is -0.443. The molecule has 1 amide bonds. The minimum atomic E-state index is -0.986. The van der Waals surface area contributed by atoms with Crippen LogP contribution in [0.1, 0.15) is 32.5 Å². The number of halogens is 2. The highest BCUT2D eigenvalue weighted by Gasteiger charge is 2.22. The first-order valence-corrected chi connectivity index (χ1v) is 6.24. The number of amides is 1. The van der Waals surface area contributed by atoms with Crippen molar-refractivity contribution < 1.29 is 14.3 Å². The van der Waals surface area contributed by atoms with Crippen molar-refractivity contribution in [1.29, 1.82) is 0 Å². The highest BCUT2D eigenvalue weighted by Crippen LogP contribution is 2.23. The molecule has 0 saturated heterocycles. The van der Waals surface area contributed by atoms with Gasteiger partial charge in [-0.25, -0.2) is 4.79 Å². The molecule has 104 valence electrons. The smallest absolute Gasteiger partial charge is 0.408 e. The van der Waals surface area contributed by atoms with E-state index in [1.54, 1.807) is 20.8 Å². The summed E-state index contributed by atoms with van der Waals surface area (Å²) in [5.74, 6) is 0. The molecule has 1 aromatic heterocycles. The number of hydrogen-bond acceptors (Lipinski definition) is 4. The Morgan fingerprint density at radius 2 is 2.11 bits per heavy atom. The number of nitrogens with zero attached hydrogens (tertiary/aromatic N) is 1. The van der Waals surface area contributed by atoms with Crippen molar-refractivity contribution in [2.24, 2.45) is 0 Å². The fourth-order valence-electron chi connectivity index (χ4n) is 1.26. The second kappa shape index (κ2) is 6.21. The maximum Gasteiger partial charge on any atom is 0.408 e. The molecule has 0 spiro atoms. The Balaban J connectivity index is 2.84. The molecule has 0 aliphatic carbocycles. The monoisotopic (exact) mass is 304 g/mol. The number of pyridine rings is 1. The zero-order chi connectivity index (χ0) is 14.6. The lowest BCUT2D eigenvalue weighted by atomic mass is 10.2. The normalized spacial score (nSPS) is 12.7. The number of nitrogens with one attached hydrogen (secondary N) is 1. The van der Waals surface area contributed by atoms with Crippen LogP contribution in [-0.4, -0.2) is 23.0 Å². The minimum Gasteiger partial charge on any atom is -0.444 e. The topological polar surface area (TPSA) is 68.3 Å². The molecule has 0 radical (unpaired) electrons. The van der Waals surface area contributed by atoms with Crippen molar-refractivity contribution in [3.05, 3.63) is 28.0 Å². The Labute approximate surface area is 121 Å². The fourth-order valence-corrected chi connectivity index (χ4v) is 1.75. The van der Waals surface area contributed by atoms with Crippen LogP contribution in [0.25, 0.3) is 0 Å². The lowest BCUT2D eigenvalue weighted by molar-refractivity contribution is -0.109. The Morgan fingerprint density at radius 1 is 1.47 bits per heavy atom. The van der Waals surface area contributed by atoms with Crippen molar-refractivity contribution in [1.82, 2.24) is 10.3 Å². The highest BCUT2D eigenvalue weighted by molar-refractivity contribution is 6.34. The van der Waals surface area contributed by atoms with E-state index in [4.69, 9.17) is 27.9 Å². The Kier molecular flexibility index (Phi) is 5.14. The third-order valence-electron chi connectivity index (χ3n) is 1.94. The lowest BCUT2D eigenvalue weighted by Gasteiger charge is -2.21. The summed E-state index contributed by atoms with van der Waals surface area (Å²) < 4.78 is 5.05. The van der Waals surface area contributed by atoms with Crippen LogP contribution in [0, 0.1) is 0 Å². The van der Waals surface area contributed by atoms with Crippen molar-refractivity contribution >= 4 is 35.6 Å². The first-order valence-electron chi connectivity index (χ1n) is 5.48. The molecule has 19 heavy (non-hydrogen) atoms. The Bertz CT molecular complexity index is 486. The molecule has 0 aromatic carbocycles. The molecule has 1 unspecified atom stereocenters. The zero-order valence-electron chi connectivity index (χ0n) is 10.7. The molecule has 5 nitrogen and oxygen atoms in total. The summed E-state index contributed by atoms with van der Waals surface area (Å²) in [6.45, 7) is 5.15. The van der Waals surface area contributed by atoms with Crippen molar-refractivity contribution in [3.63, 3.8) is 0 Å². The predicted molar refractivity (Wildman–Crippen MR) is 72.4 cm³/mol. The first-order chi connectivity index (χ1) is 8.73. The van der Waals surface area contributed by atoms with Gasteiger partial charge in [-0.2, -0.15) is 0 Å². The highest BCUT2D eigenvalue weighted by atomic mass is 35.5. The minimum absolute atomic E-state index is 0.195. The number of hydrogen-bond donors (Lipinski definition) is 1. The molecule has 7 heteroatoms. The third kappa shape index (κ3) is 5.04. The number of ether oxygens (including phenoxy) is 1. The molecule has 0 aliphatic rings. The molecule has 1 aromatic rings. The molecule has 0 bridgehead atoms. The summed E-state index contributed by atoms with van der Waals surface area (Å²) in [4.78, 5) is 26.6. The van der Waals surface area contributed by atoms with Gasteiger partial charge in [0, 0.05) is 6.20 Å². The maximum absolute atomic E-state index is 11.6. The van der Waals surface area contributed by atoms with Crippen LogP contribution in [0.5, 0.6) is 0 Å². The van der Waals surface area contributed by atoms with E-state index in [9.17, 15) is 9.59 Å². The summed E-state index contributed by atoms with van der Waals surface area (Å²) in [5, 5.41) is 2.92. The number of carbonyl (C=O) groups excluding carboxylic acids is 2. The van der Waals surface area contributed by atoms with Gasteiger partial charge in [0.15, 0.2) is 0 Å².